The molecule has 2 atom stereocenters. The van der Waals surface area contributed by atoms with Crippen LogP contribution in [-0.2, 0) is 9.59 Å². The van der Waals surface area contributed by atoms with Gasteiger partial charge < -0.3 is 0 Å². The maximum Gasteiger partial charge on any atom is 0.139 e. The van der Waals surface area contributed by atoms with Crippen LogP contribution in [0.5, 0.6) is 0 Å². The summed E-state index contributed by atoms with van der Waals surface area (Å²) in [6, 6.07) is 0. The fourth-order valence-electron chi connectivity index (χ4n) is 3.11. The highest BCUT2D eigenvalue weighted by atomic mass is 16.1. The van der Waals surface area contributed by atoms with E-state index in [1.807, 2.05) is 0 Å². The van der Waals surface area contributed by atoms with Gasteiger partial charge in [-0.15, -0.1) is 0 Å². The van der Waals surface area contributed by atoms with E-state index in [-0.39, 0.29) is 11.3 Å². The number of hydrogen-bond donors (Lipinski definition) is 0. The normalized spacial score (nSPS) is 39.3. The van der Waals surface area contributed by atoms with Gasteiger partial charge in [-0.25, -0.2) is 0 Å². The zero-order chi connectivity index (χ0) is 9.47. The fourth-order valence-corrected chi connectivity index (χ4v) is 3.11. The first-order chi connectivity index (χ1) is 6.20. The van der Waals surface area contributed by atoms with Crippen LogP contribution in [0.3, 0.4) is 0 Å². The minimum Gasteiger partial charge on any atom is -0.299 e. The highest BCUT2D eigenvalue weighted by molar-refractivity contribution is 5.96. The molecule has 0 aromatic rings. The van der Waals surface area contributed by atoms with Crippen LogP contribution in [-0.4, -0.2) is 11.6 Å². The van der Waals surface area contributed by atoms with E-state index in [0.29, 0.717) is 24.4 Å². The van der Waals surface area contributed by atoms with E-state index in [1.54, 1.807) is 0 Å². The molecule has 0 aromatic carbocycles. The van der Waals surface area contributed by atoms with E-state index < -0.39 is 0 Å². The van der Waals surface area contributed by atoms with E-state index in [9.17, 15) is 9.59 Å². The summed E-state index contributed by atoms with van der Waals surface area (Å²) in [4.78, 5) is 23.4. The third-order valence-corrected chi connectivity index (χ3v) is 3.96. The van der Waals surface area contributed by atoms with Crippen LogP contribution in [0.2, 0.25) is 0 Å². The van der Waals surface area contributed by atoms with E-state index in [0.717, 1.165) is 25.7 Å². The largest absolute Gasteiger partial charge is 0.299 e. The first-order valence-electron chi connectivity index (χ1n) is 5.27. The molecule has 0 N–H and O–H groups in total. The number of hydrogen-bond acceptors (Lipinski definition) is 2. The van der Waals surface area contributed by atoms with Gasteiger partial charge in [-0.2, -0.15) is 0 Å². The van der Waals surface area contributed by atoms with Crippen LogP contribution < -0.4 is 0 Å². The van der Waals surface area contributed by atoms with Crippen molar-refractivity contribution < 1.29 is 9.59 Å². The van der Waals surface area contributed by atoms with Crippen molar-refractivity contribution in [3.8, 4) is 0 Å². The van der Waals surface area contributed by atoms with E-state index in [2.05, 4.69) is 6.92 Å². The molecule has 13 heavy (non-hydrogen) atoms. The predicted octanol–water partition coefficient (Wildman–Crippen LogP) is 2.11. The van der Waals surface area contributed by atoms with Crippen molar-refractivity contribution in [2.45, 2.75) is 45.4 Å². The van der Waals surface area contributed by atoms with Gasteiger partial charge in [0.25, 0.3) is 0 Å². The van der Waals surface area contributed by atoms with Crippen molar-refractivity contribution in [1.29, 1.82) is 0 Å². The highest BCUT2D eigenvalue weighted by Gasteiger charge is 2.52. The second-order valence-corrected chi connectivity index (χ2v) is 4.34. The SMILES string of the molecule is CC[C@@]12CCC(=O)[C@@H]1CCCC2=O. The molecule has 0 heterocycles. The van der Waals surface area contributed by atoms with Gasteiger partial charge in [-0.1, -0.05) is 6.92 Å². The van der Waals surface area contributed by atoms with Crippen LogP contribution in [0.15, 0.2) is 0 Å². The summed E-state index contributed by atoms with van der Waals surface area (Å²) in [6.45, 7) is 2.05. The lowest BCUT2D eigenvalue weighted by molar-refractivity contribution is -0.138. The molecular weight excluding hydrogens is 164 g/mol. The first kappa shape index (κ1) is 8.92. The van der Waals surface area contributed by atoms with Crippen molar-refractivity contribution in [1.82, 2.24) is 0 Å². The average Bonchev–Trinajstić information content (AvgIpc) is 2.47. The Morgan fingerprint density at radius 3 is 2.77 bits per heavy atom. The summed E-state index contributed by atoms with van der Waals surface area (Å²) < 4.78 is 0. The smallest absolute Gasteiger partial charge is 0.139 e. The van der Waals surface area contributed by atoms with Crippen molar-refractivity contribution >= 4 is 11.6 Å². The van der Waals surface area contributed by atoms with Crippen LogP contribution in [0, 0.1) is 11.3 Å². The Morgan fingerprint density at radius 1 is 1.38 bits per heavy atom. The number of Topliss-reactive ketones (excluding diaryl/α,β-unsaturated/α-hetero) is 2. The van der Waals surface area contributed by atoms with Crippen LogP contribution in [0.25, 0.3) is 0 Å². The molecule has 0 saturated heterocycles. The molecular formula is C11H16O2. The van der Waals surface area contributed by atoms with Gasteiger partial charge in [0.1, 0.15) is 11.6 Å². The van der Waals surface area contributed by atoms with Gasteiger partial charge >= 0.3 is 0 Å². The van der Waals surface area contributed by atoms with Crippen LogP contribution in [0.1, 0.15) is 45.4 Å². The van der Waals surface area contributed by atoms with E-state index in [1.165, 1.54) is 0 Å². The molecule has 0 aromatic heterocycles. The molecule has 2 aliphatic carbocycles. The van der Waals surface area contributed by atoms with Crippen molar-refractivity contribution in [3.05, 3.63) is 0 Å². The number of carbonyl (C=O) groups is 2. The molecule has 0 aliphatic heterocycles. The van der Waals surface area contributed by atoms with Crippen LogP contribution in [0.4, 0.5) is 0 Å². The number of rotatable bonds is 1. The Kier molecular flexibility index (Phi) is 2.01. The van der Waals surface area contributed by atoms with Crippen molar-refractivity contribution in [2.24, 2.45) is 11.3 Å². The Hall–Kier alpha value is -0.660. The molecule has 0 unspecified atom stereocenters. The Balaban J connectivity index is 2.34. The van der Waals surface area contributed by atoms with Crippen molar-refractivity contribution in [3.63, 3.8) is 0 Å². The molecule has 2 nitrogen and oxygen atoms in total. The van der Waals surface area contributed by atoms with Crippen LogP contribution >= 0.6 is 0 Å². The fraction of sp³-hybridized carbons (Fsp3) is 0.818. The average molecular weight is 180 g/mol. The maximum atomic E-state index is 11.8. The predicted molar refractivity (Wildman–Crippen MR) is 49.3 cm³/mol. The summed E-state index contributed by atoms with van der Waals surface area (Å²) in [6.07, 6.45) is 4.92. The second-order valence-electron chi connectivity index (χ2n) is 4.34. The molecule has 2 aliphatic rings. The Bertz CT molecular complexity index is 257. The van der Waals surface area contributed by atoms with Gasteiger partial charge in [-0.05, 0) is 25.7 Å². The monoisotopic (exact) mass is 180 g/mol. The lowest BCUT2D eigenvalue weighted by atomic mass is 9.65. The van der Waals surface area contributed by atoms with Crippen molar-refractivity contribution in [2.75, 3.05) is 0 Å². The lowest BCUT2D eigenvalue weighted by Gasteiger charge is -2.35. The molecule has 0 amide bonds. The zero-order valence-corrected chi connectivity index (χ0v) is 8.14. The standard InChI is InChI=1S/C11H16O2/c1-2-11-7-6-9(12)8(11)4-3-5-10(11)13/h8H,2-7H2,1H3/t8-,11+/m0/s1. The topological polar surface area (TPSA) is 34.1 Å². The third-order valence-electron chi connectivity index (χ3n) is 3.96. The van der Waals surface area contributed by atoms with Gasteiger partial charge in [0.05, 0.1) is 0 Å². The molecule has 0 radical (unpaired) electrons. The molecule has 72 valence electrons. The summed E-state index contributed by atoms with van der Waals surface area (Å²) in [5.41, 5.74) is -0.227. The number of ketones is 2. The van der Waals surface area contributed by atoms with Gasteiger partial charge in [0.15, 0.2) is 0 Å². The van der Waals surface area contributed by atoms with Gasteiger partial charge in [0, 0.05) is 24.2 Å². The van der Waals surface area contributed by atoms with E-state index in [4.69, 9.17) is 0 Å². The quantitative estimate of drug-likeness (QED) is 0.619. The summed E-state index contributed by atoms with van der Waals surface area (Å²) >= 11 is 0. The molecule has 0 bridgehead atoms. The number of fused-ring (bicyclic) bond motifs is 1. The zero-order valence-electron chi connectivity index (χ0n) is 8.14. The van der Waals surface area contributed by atoms with E-state index >= 15 is 0 Å². The lowest BCUT2D eigenvalue weighted by Crippen LogP contribution is -2.39. The Labute approximate surface area is 78.7 Å². The number of carbonyl (C=O) groups excluding carboxylic acids is 2. The summed E-state index contributed by atoms with van der Waals surface area (Å²) in [5, 5.41) is 0. The first-order valence-corrected chi connectivity index (χ1v) is 5.27. The Morgan fingerprint density at radius 2 is 2.15 bits per heavy atom. The molecule has 2 fully saturated rings. The molecule has 0 spiro atoms. The summed E-state index contributed by atoms with van der Waals surface area (Å²) in [5.74, 6) is 0.783. The minimum atomic E-state index is -0.227. The highest BCUT2D eigenvalue weighted by Crippen LogP contribution is 2.50. The molecule has 2 saturated carbocycles. The second kappa shape index (κ2) is 2.93. The minimum absolute atomic E-state index is 0.0822. The van der Waals surface area contributed by atoms with Gasteiger partial charge in [-0.3, -0.25) is 9.59 Å². The third kappa shape index (κ3) is 1.07. The van der Waals surface area contributed by atoms with Gasteiger partial charge in [0.2, 0.25) is 0 Å². The summed E-state index contributed by atoms with van der Waals surface area (Å²) in [7, 11) is 0. The molecule has 2 heteroatoms. The molecule has 2 rings (SSSR count). The maximum absolute atomic E-state index is 11.8.